The lowest BCUT2D eigenvalue weighted by atomic mass is 10.0. The van der Waals surface area contributed by atoms with Gasteiger partial charge in [-0.1, -0.05) is 182 Å². The third-order valence-electron chi connectivity index (χ3n) is 14.2. The number of para-hydroxylation sites is 6. The maximum Gasteiger partial charge on any atom is 0.240 e. The number of hydrogen-bond donors (Lipinski definition) is 0. The highest BCUT2D eigenvalue weighted by Gasteiger charge is 2.25. The molecule has 5 heterocycles. The SMILES string of the molecule is c1ccc(-c2ccc(-c3nc(-n4c5ccccc5c5ccccc54)nc(-n4c5ccccc5c5ccc6c7ccccc7n(-c7cccc(-n8c9ccccc9c9ccccc98)c7)c6c54)n3)cc2)cc1. The topological polar surface area (TPSA) is 58.4 Å². The van der Waals surface area contributed by atoms with Crippen LogP contribution in [-0.2, 0) is 0 Å². The number of aromatic nitrogens is 7. The number of benzene rings is 10. The Hall–Kier alpha value is -9.59. The van der Waals surface area contributed by atoms with E-state index in [1.165, 1.54) is 27.2 Å². The molecule has 0 saturated heterocycles. The zero-order chi connectivity index (χ0) is 45.9. The quantitative estimate of drug-likeness (QED) is 0.167. The van der Waals surface area contributed by atoms with E-state index in [2.05, 4.69) is 249 Å². The molecule has 0 N–H and O–H groups in total. The van der Waals surface area contributed by atoms with Crippen LogP contribution in [0.2, 0.25) is 0 Å². The van der Waals surface area contributed by atoms with Crippen LogP contribution in [0.15, 0.2) is 237 Å². The Balaban J connectivity index is 1.04. The average molecular weight is 894 g/mol. The summed E-state index contributed by atoms with van der Waals surface area (Å²) in [6.45, 7) is 0. The van der Waals surface area contributed by atoms with Crippen LogP contribution >= 0.6 is 0 Å². The van der Waals surface area contributed by atoms with Crippen LogP contribution in [0, 0.1) is 0 Å². The maximum absolute atomic E-state index is 5.57. The molecular weight excluding hydrogens is 855 g/mol. The predicted molar refractivity (Wildman–Crippen MR) is 288 cm³/mol. The summed E-state index contributed by atoms with van der Waals surface area (Å²) in [4.78, 5) is 16.5. The molecule has 0 atom stereocenters. The molecule has 7 nitrogen and oxygen atoms in total. The van der Waals surface area contributed by atoms with Gasteiger partial charge in [-0.15, -0.1) is 0 Å². The second-order valence-electron chi connectivity index (χ2n) is 18.0. The molecule has 0 radical (unpaired) electrons. The van der Waals surface area contributed by atoms with E-state index in [9.17, 15) is 0 Å². The molecule has 15 aromatic rings. The molecule has 0 spiro atoms. The van der Waals surface area contributed by atoms with Crippen molar-refractivity contribution in [2.75, 3.05) is 0 Å². The van der Waals surface area contributed by atoms with Crippen LogP contribution in [0.4, 0.5) is 0 Å². The fourth-order valence-electron chi connectivity index (χ4n) is 11.2. The Morgan fingerprint density at radius 2 is 0.586 bits per heavy atom. The highest BCUT2D eigenvalue weighted by molar-refractivity contribution is 6.24. The first-order chi connectivity index (χ1) is 34.7. The molecule has 0 amide bonds. The van der Waals surface area contributed by atoms with Crippen molar-refractivity contribution < 1.29 is 0 Å². The monoisotopic (exact) mass is 893 g/mol. The summed E-state index contributed by atoms with van der Waals surface area (Å²) >= 11 is 0. The van der Waals surface area contributed by atoms with Crippen LogP contribution in [0.25, 0.3) is 133 Å². The van der Waals surface area contributed by atoms with Gasteiger partial charge in [0.25, 0.3) is 0 Å². The van der Waals surface area contributed by atoms with Gasteiger partial charge in [0.15, 0.2) is 5.82 Å². The smallest absolute Gasteiger partial charge is 0.240 e. The molecule has 10 aromatic carbocycles. The number of rotatable bonds is 6. The molecular formula is C63H39N7. The Labute approximate surface area is 401 Å². The summed E-state index contributed by atoms with van der Waals surface area (Å²) < 4.78 is 9.31. The van der Waals surface area contributed by atoms with Gasteiger partial charge in [-0.3, -0.25) is 9.13 Å². The van der Waals surface area contributed by atoms with E-state index in [1.807, 2.05) is 6.07 Å². The summed E-state index contributed by atoms with van der Waals surface area (Å²) in [6.07, 6.45) is 0. The molecule has 0 aliphatic heterocycles. The van der Waals surface area contributed by atoms with Crippen molar-refractivity contribution in [3.05, 3.63) is 237 Å². The predicted octanol–water partition coefficient (Wildman–Crippen LogP) is 15.6. The minimum Gasteiger partial charge on any atom is -0.309 e. The molecule has 0 aliphatic rings. The Morgan fingerprint density at radius 3 is 1.10 bits per heavy atom. The summed E-state index contributed by atoms with van der Waals surface area (Å²) in [5.41, 5.74) is 13.9. The summed E-state index contributed by atoms with van der Waals surface area (Å²) in [5, 5.41) is 9.27. The van der Waals surface area contributed by atoms with E-state index in [4.69, 9.17) is 15.0 Å². The zero-order valence-electron chi connectivity index (χ0n) is 37.6. The Morgan fingerprint density at radius 1 is 0.229 bits per heavy atom. The van der Waals surface area contributed by atoms with Gasteiger partial charge in [-0.25, -0.2) is 0 Å². The first kappa shape index (κ1) is 38.5. The van der Waals surface area contributed by atoms with E-state index in [1.54, 1.807) is 0 Å². The summed E-state index contributed by atoms with van der Waals surface area (Å²) in [7, 11) is 0. The Kier molecular flexibility index (Phi) is 8.23. The van der Waals surface area contributed by atoms with E-state index in [0.29, 0.717) is 17.7 Å². The summed E-state index contributed by atoms with van der Waals surface area (Å²) in [6, 6.07) is 84.4. The molecule has 5 aromatic heterocycles. The van der Waals surface area contributed by atoms with E-state index >= 15 is 0 Å². The second-order valence-corrected chi connectivity index (χ2v) is 18.0. The van der Waals surface area contributed by atoms with Crippen LogP contribution in [0.1, 0.15) is 0 Å². The van der Waals surface area contributed by atoms with Gasteiger partial charge in [-0.05, 0) is 65.7 Å². The van der Waals surface area contributed by atoms with Gasteiger partial charge in [0.2, 0.25) is 11.9 Å². The third-order valence-corrected chi connectivity index (χ3v) is 14.2. The molecule has 7 heteroatoms. The van der Waals surface area contributed by atoms with Crippen molar-refractivity contribution in [1.82, 2.24) is 33.2 Å². The molecule has 0 unspecified atom stereocenters. The van der Waals surface area contributed by atoms with Crippen molar-refractivity contribution in [1.29, 1.82) is 0 Å². The van der Waals surface area contributed by atoms with Gasteiger partial charge >= 0.3 is 0 Å². The van der Waals surface area contributed by atoms with Crippen molar-refractivity contribution in [2.24, 2.45) is 0 Å². The third kappa shape index (κ3) is 5.60. The lowest BCUT2D eigenvalue weighted by Crippen LogP contribution is -2.10. The fourth-order valence-corrected chi connectivity index (χ4v) is 11.2. The van der Waals surface area contributed by atoms with Crippen LogP contribution < -0.4 is 0 Å². The molecule has 15 rings (SSSR count). The average Bonchev–Trinajstić information content (AvgIpc) is 4.16. The number of hydrogen-bond acceptors (Lipinski definition) is 3. The highest BCUT2D eigenvalue weighted by Crippen LogP contribution is 2.43. The van der Waals surface area contributed by atoms with Gasteiger partial charge in [0.05, 0.1) is 44.1 Å². The van der Waals surface area contributed by atoms with Gasteiger partial charge < -0.3 is 9.13 Å². The van der Waals surface area contributed by atoms with Crippen molar-refractivity contribution in [3.63, 3.8) is 0 Å². The number of fused-ring (bicyclic) bond motifs is 13. The standard InChI is InChI=1S/C63H39N7/c1-2-17-40(18-3-1)41-33-35-42(36-34-41)61-64-62(69-56-30-13-6-23-47(56)48-24-7-14-31-57(48)69)66-63(65-61)70-58-32-15-9-26-50(58)52-38-37-51-49-25-8-12-29-55(49)68(59(51)60(52)70)44-20-16-19-43(39-44)67-53-27-10-4-21-45(53)46-22-5-11-28-54(46)67/h1-39H. The number of nitrogens with zero attached hydrogens (tertiary/aromatic N) is 7. The van der Waals surface area contributed by atoms with Crippen LogP contribution in [-0.4, -0.2) is 33.2 Å². The normalized spacial score (nSPS) is 12.0. The van der Waals surface area contributed by atoms with Crippen molar-refractivity contribution in [2.45, 2.75) is 0 Å². The van der Waals surface area contributed by atoms with Crippen molar-refractivity contribution in [3.8, 4) is 45.8 Å². The highest BCUT2D eigenvalue weighted by atomic mass is 15.3. The summed E-state index contributed by atoms with van der Waals surface area (Å²) in [5.74, 6) is 1.66. The van der Waals surface area contributed by atoms with Gasteiger partial charge in [-0.2, -0.15) is 15.0 Å². The van der Waals surface area contributed by atoms with E-state index in [-0.39, 0.29) is 0 Å². The molecule has 0 aliphatic carbocycles. The zero-order valence-corrected chi connectivity index (χ0v) is 37.6. The van der Waals surface area contributed by atoms with Crippen LogP contribution in [0.3, 0.4) is 0 Å². The Bertz CT molecular complexity index is 4480. The first-order valence-electron chi connectivity index (χ1n) is 23.7. The van der Waals surface area contributed by atoms with Crippen LogP contribution in [0.5, 0.6) is 0 Å². The van der Waals surface area contributed by atoms with Gasteiger partial charge in [0, 0.05) is 60.0 Å². The lowest BCUT2D eigenvalue weighted by molar-refractivity contribution is 0.893. The van der Waals surface area contributed by atoms with E-state index in [0.717, 1.165) is 88.1 Å². The largest absolute Gasteiger partial charge is 0.309 e. The molecule has 0 saturated carbocycles. The van der Waals surface area contributed by atoms with Gasteiger partial charge in [0.1, 0.15) is 0 Å². The molecule has 0 bridgehead atoms. The fraction of sp³-hybridized carbons (Fsp3) is 0. The second kappa shape index (κ2) is 15.0. The molecule has 0 fully saturated rings. The minimum absolute atomic E-state index is 0.531. The lowest BCUT2D eigenvalue weighted by Gasteiger charge is -2.15. The maximum atomic E-state index is 5.57. The van der Waals surface area contributed by atoms with Crippen molar-refractivity contribution >= 4 is 87.2 Å². The molecule has 326 valence electrons. The van der Waals surface area contributed by atoms with E-state index < -0.39 is 0 Å². The first-order valence-corrected chi connectivity index (χ1v) is 23.7. The minimum atomic E-state index is 0.531. The molecule has 70 heavy (non-hydrogen) atoms.